The summed E-state index contributed by atoms with van der Waals surface area (Å²) in [5.41, 5.74) is 0. The second-order valence-electron chi connectivity index (χ2n) is 3.83. The Morgan fingerprint density at radius 2 is 2.19 bits per heavy atom. The second kappa shape index (κ2) is 5.58. The van der Waals surface area contributed by atoms with E-state index in [1.807, 2.05) is 13.8 Å². The van der Waals surface area contributed by atoms with Crippen molar-refractivity contribution in [1.82, 2.24) is 9.36 Å². The quantitative estimate of drug-likeness (QED) is 0.838. The Kier molecular flexibility index (Phi) is 4.67. The van der Waals surface area contributed by atoms with Gasteiger partial charge in [0.25, 0.3) is 0 Å². The molecule has 0 aromatic carbocycles. The van der Waals surface area contributed by atoms with Crippen molar-refractivity contribution >= 4 is 26.5 Å². The van der Waals surface area contributed by atoms with Crippen LogP contribution in [0.1, 0.15) is 26.1 Å². The van der Waals surface area contributed by atoms with Crippen molar-refractivity contribution in [3.05, 3.63) is 5.82 Å². The molecule has 1 aromatic heterocycles. The Balaban J connectivity index is 2.42. The van der Waals surface area contributed by atoms with Gasteiger partial charge in [0, 0.05) is 30.3 Å². The second-order valence-corrected chi connectivity index (χ2v) is 6.84. The lowest BCUT2D eigenvalue weighted by atomic mass is 10.3. The standard InChI is InChI=1S/C9H17N3O2S2/c1-4-8-11-9(15-12-8)10-7(2)5-6-16(3,13)14/h7H,4-6H2,1-3H3,(H,10,11,12). The summed E-state index contributed by atoms with van der Waals surface area (Å²) in [6.45, 7) is 3.94. The molecule has 1 unspecified atom stereocenters. The minimum absolute atomic E-state index is 0.0902. The van der Waals surface area contributed by atoms with Gasteiger partial charge in [-0.25, -0.2) is 13.4 Å². The number of nitrogens with zero attached hydrogens (tertiary/aromatic N) is 2. The monoisotopic (exact) mass is 263 g/mol. The van der Waals surface area contributed by atoms with Crippen LogP contribution in [0.3, 0.4) is 0 Å². The van der Waals surface area contributed by atoms with Gasteiger partial charge in [-0.05, 0) is 13.3 Å². The van der Waals surface area contributed by atoms with Gasteiger partial charge in [-0.3, -0.25) is 0 Å². The fourth-order valence-corrected chi connectivity index (χ4v) is 2.67. The lowest BCUT2D eigenvalue weighted by Gasteiger charge is -2.11. The molecule has 1 atom stereocenters. The molecule has 92 valence electrons. The number of anilines is 1. The highest BCUT2D eigenvalue weighted by Gasteiger charge is 2.09. The van der Waals surface area contributed by atoms with Crippen molar-refractivity contribution in [2.45, 2.75) is 32.7 Å². The molecule has 0 aliphatic carbocycles. The summed E-state index contributed by atoms with van der Waals surface area (Å²) in [7, 11) is -2.88. The van der Waals surface area contributed by atoms with E-state index < -0.39 is 9.84 Å². The van der Waals surface area contributed by atoms with E-state index in [0.29, 0.717) is 6.42 Å². The topological polar surface area (TPSA) is 72.0 Å². The Morgan fingerprint density at radius 1 is 1.50 bits per heavy atom. The summed E-state index contributed by atoms with van der Waals surface area (Å²) in [5.74, 6) is 1.02. The van der Waals surface area contributed by atoms with E-state index in [0.717, 1.165) is 17.4 Å². The lowest BCUT2D eigenvalue weighted by molar-refractivity contribution is 0.595. The summed E-state index contributed by atoms with van der Waals surface area (Å²) < 4.78 is 26.1. The molecule has 7 heteroatoms. The molecule has 1 aromatic rings. The van der Waals surface area contributed by atoms with E-state index >= 15 is 0 Å². The summed E-state index contributed by atoms with van der Waals surface area (Å²) in [5, 5.41) is 3.91. The fraction of sp³-hybridized carbons (Fsp3) is 0.778. The zero-order valence-corrected chi connectivity index (χ0v) is 11.4. The molecule has 0 fully saturated rings. The normalized spacial score (nSPS) is 13.7. The molecule has 0 amide bonds. The molecule has 0 aliphatic heterocycles. The van der Waals surface area contributed by atoms with Crippen molar-refractivity contribution in [1.29, 1.82) is 0 Å². The number of hydrogen-bond acceptors (Lipinski definition) is 6. The summed E-state index contributed by atoms with van der Waals surface area (Å²) in [4.78, 5) is 4.26. The molecule has 1 heterocycles. The van der Waals surface area contributed by atoms with Crippen LogP contribution in [0.5, 0.6) is 0 Å². The number of aryl methyl sites for hydroxylation is 1. The number of nitrogens with one attached hydrogen (secondary N) is 1. The van der Waals surface area contributed by atoms with E-state index in [9.17, 15) is 8.42 Å². The van der Waals surface area contributed by atoms with Gasteiger partial charge in [0.05, 0.1) is 5.75 Å². The molecule has 16 heavy (non-hydrogen) atoms. The Hall–Kier alpha value is -0.690. The average molecular weight is 263 g/mol. The largest absolute Gasteiger partial charge is 0.358 e. The average Bonchev–Trinajstić information content (AvgIpc) is 2.61. The Bertz CT molecular complexity index is 428. The highest BCUT2D eigenvalue weighted by atomic mass is 32.2. The third-order valence-electron chi connectivity index (χ3n) is 2.08. The molecule has 5 nitrogen and oxygen atoms in total. The van der Waals surface area contributed by atoms with E-state index in [-0.39, 0.29) is 11.8 Å². The van der Waals surface area contributed by atoms with Crippen molar-refractivity contribution in [3.63, 3.8) is 0 Å². The molecule has 0 bridgehead atoms. The minimum atomic E-state index is -2.88. The molecule has 0 radical (unpaired) electrons. The third-order valence-corrected chi connectivity index (χ3v) is 3.74. The Morgan fingerprint density at radius 3 is 2.69 bits per heavy atom. The fourth-order valence-electron chi connectivity index (χ4n) is 1.13. The number of sulfone groups is 1. The summed E-state index contributed by atoms with van der Waals surface area (Å²) in [6.07, 6.45) is 2.65. The molecule has 0 aliphatic rings. The van der Waals surface area contributed by atoms with Crippen LogP contribution in [0.15, 0.2) is 0 Å². The molecular formula is C9H17N3O2S2. The van der Waals surface area contributed by atoms with Gasteiger partial charge in [0.15, 0.2) is 0 Å². The van der Waals surface area contributed by atoms with Gasteiger partial charge in [0.2, 0.25) is 5.13 Å². The van der Waals surface area contributed by atoms with E-state index in [1.54, 1.807) is 0 Å². The van der Waals surface area contributed by atoms with Crippen molar-refractivity contribution in [2.24, 2.45) is 0 Å². The molecule has 0 saturated carbocycles. The zero-order chi connectivity index (χ0) is 12.2. The van der Waals surface area contributed by atoms with Crippen LogP contribution >= 0.6 is 11.5 Å². The molecule has 1 N–H and O–H groups in total. The van der Waals surface area contributed by atoms with Crippen LogP contribution in [-0.2, 0) is 16.3 Å². The maximum Gasteiger partial charge on any atom is 0.202 e. The molecular weight excluding hydrogens is 246 g/mol. The highest BCUT2D eigenvalue weighted by Crippen LogP contribution is 2.13. The van der Waals surface area contributed by atoms with Crippen LogP contribution in [-0.4, -0.2) is 35.8 Å². The van der Waals surface area contributed by atoms with Gasteiger partial charge in [-0.2, -0.15) is 4.37 Å². The van der Waals surface area contributed by atoms with E-state index in [4.69, 9.17) is 0 Å². The number of rotatable bonds is 6. The number of aromatic nitrogens is 2. The van der Waals surface area contributed by atoms with Crippen molar-refractivity contribution in [2.75, 3.05) is 17.3 Å². The predicted molar refractivity (Wildman–Crippen MR) is 66.7 cm³/mol. The van der Waals surface area contributed by atoms with E-state index in [1.165, 1.54) is 17.8 Å². The SMILES string of the molecule is CCc1nsc(NC(C)CCS(C)(=O)=O)n1. The zero-order valence-electron chi connectivity index (χ0n) is 9.73. The third kappa shape index (κ3) is 4.89. The maximum atomic E-state index is 11.0. The smallest absolute Gasteiger partial charge is 0.202 e. The maximum absolute atomic E-state index is 11.0. The first-order chi connectivity index (χ1) is 7.40. The Labute approximate surface area is 100 Å². The summed E-state index contributed by atoms with van der Waals surface area (Å²) in [6, 6.07) is 0.0902. The van der Waals surface area contributed by atoms with Crippen LogP contribution in [0, 0.1) is 0 Å². The van der Waals surface area contributed by atoms with Gasteiger partial charge >= 0.3 is 0 Å². The van der Waals surface area contributed by atoms with Gasteiger partial charge in [-0.1, -0.05) is 6.92 Å². The predicted octanol–water partition coefficient (Wildman–Crippen LogP) is 1.34. The summed E-state index contributed by atoms with van der Waals surface area (Å²) >= 11 is 1.31. The van der Waals surface area contributed by atoms with Crippen LogP contribution in [0.2, 0.25) is 0 Å². The van der Waals surface area contributed by atoms with Gasteiger partial charge in [0.1, 0.15) is 15.7 Å². The van der Waals surface area contributed by atoms with Crippen molar-refractivity contribution < 1.29 is 8.42 Å². The molecule has 1 rings (SSSR count). The van der Waals surface area contributed by atoms with Crippen molar-refractivity contribution in [3.8, 4) is 0 Å². The first-order valence-electron chi connectivity index (χ1n) is 5.17. The van der Waals surface area contributed by atoms with E-state index in [2.05, 4.69) is 14.7 Å². The highest BCUT2D eigenvalue weighted by molar-refractivity contribution is 7.90. The first kappa shape index (κ1) is 13.4. The first-order valence-corrected chi connectivity index (χ1v) is 8.01. The van der Waals surface area contributed by atoms with Gasteiger partial charge in [-0.15, -0.1) is 0 Å². The van der Waals surface area contributed by atoms with Crippen LogP contribution < -0.4 is 5.32 Å². The minimum Gasteiger partial charge on any atom is -0.358 e. The molecule has 0 saturated heterocycles. The van der Waals surface area contributed by atoms with Crippen LogP contribution in [0.25, 0.3) is 0 Å². The van der Waals surface area contributed by atoms with Gasteiger partial charge < -0.3 is 5.32 Å². The number of hydrogen-bond donors (Lipinski definition) is 1. The van der Waals surface area contributed by atoms with Crippen LogP contribution in [0.4, 0.5) is 5.13 Å². The molecule has 0 spiro atoms. The lowest BCUT2D eigenvalue weighted by Crippen LogP contribution is -2.19.